The van der Waals surface area contributed by atoms with Crippen LogP contribution in [0, 0.1) is 11.8 Å². The number of aliphatic hydroxyl groups excluding tert-OH is 1. The quantitative estimate of drug-likeness (QED) is 0.594. The van der Waals surface area contributed by atoms with E-state index in [2.05, 4.69) is 10.3 Å². The van der Waals surface area contributed by atoms with E-state index in [4.69, 9.17) is 0 Å². The van der Waals surface area contributed by atoms with Crippen molar-refractivity contribution >= 4 is 12.0 Å². The van der Waals surface area contributed by atoms with E-state index in [1.165, 1.54) is 0 Å². The summed E-state index contributed by atoms with van der Waals surface area (Å²) in [4.78, 5) is 32.1. The number of hydrogen-bond acceptors (Lipinski definition) is 5. The maximum atomic E-state index is 13.4. The summed E-state index contributed by atoms with van der Waals surface area (Å²) >= 11 is 0. The molecule has 1 amide bonds. The number of allylic oxidation sites excluding steroid dienone is 1. The van der Waals surface area contributed by atoms with E-state index in [9.17, 15) is 27.9 Å². The molecule has 1 saturated heterocycles. The number of hydrogen-bond donors (Lipinski definition) is 2. The number of pyridine rings is 2. The molecular weight excluding hydrogens is 461 g/mol. The lowest BCUT2D eigenvalue weighted by molar-refractivity contribution is -0.140. The Balaban J connectivity index is 1.65. The number of halogens is 3. The second-order valence-electron chi connectivity index (χ2n) is 9.01. The van der Waals surface area contributed by atoms with Gasteiger partial charge in [0.05, 0.1) is 18.4 Å². The first-order valence-corrected chi connectivity index (χ1v) is 11.7. The van der Waals surface area contributed by atoms with Gasteiger partial charge in [-0.25, -0.2) is 0 Å². The molecule has 4 atom stereocenters. The minimum Gasteiger partial charge on any atom is -0.396 e. The molecule has 0 spiro atoms. The maximum Gasteiger partial charge on any atom is 0.390 e. The van der Waals surface area contributed by atoms with Gasteiger partial charge in [-0.05, 0) is 43.2 Å². The van der Waals surface area contributed by atoms with Crippen LogP contribution in [-0.2, 0) is 17.8 Å². The van der Waals surface area contributed by atoms with E-state index >= 15 is 0 Å². The monoisotopic (exact) mass is 490 g/mol. The lowest BCUT2D eigenvalue weighted by Crippen LogP contribution is -2.47. The summed E-state index contributed by atoms with van der Waals surface area (Å²) in [5, 5.41) is 13.1. The van der Waals surface area contributed by atoms with Crippen LogP contribution in [0.3, 0.4) is 0 Å². The molecule has 4 rings (SSSR count). The summed E-state index contributed by atoms with van der Waals surface area (Å²) in [5.41, 5.74) is 1.72. The van der Waals surface area contributed by atoms with Gasteiger partial charge in [-0.1, -0.05) is 12.2 Å². The lowest BCUT2D eigenvalue weighted by Gasteiger charge is -2.38. The molecular formula is C25H29F3N4O3. The highest BCUT2D eigenvalue weighted by Gasteiger charge is 2.56. The molecule has 7 nitrogen and oxygen atoms in total. The van der Waals surface area contributed by atoms with Crippen LogP contribution in [0.5, 0.6) is 0 Å². The zero-order valence-corrected chi connectivity index (χ0v) is 19.4. The van der Waals surface area contributed by atoms with E-state index in [0.29, 0.717) is 24.2 Å². The zero-order chi connectivity index (χ0) is 25.2. The molecule has 2 aliphatic rings. The molecule has 2 bridgehead atoms. The van der Waals surface area contributed by atoms with Crippen LogP contribution in [0.15, 0.2) is 47.5 Å². The van der Waals surface area contributed by atoms with Crippen LogP contribution in [0.1, 0.15) is 36.2 Å². The third-order valence-electron chi connectivity index (χ3n) is 6.96. The Kier molecular flexibility index (Phi) is 7.42. The number of nitrogens with one attached hydrogen (secondary N) is 1. The number of carbonyl (C=O) groups excluding carboxylic acids is 1. The van der Waals surface area contributed by atoms with Crippen molar-refractivity contribution in [3.05, 3.63) is 69.9 Å². The first kappa shape index (κ1) is 25.1. The van der Waals surface area contributed by atoms with Gasteiger partial charge in [0, 0.05) is 61.9 Å². The Labute approximate surface area is 201 Å². The van der Waals surface area contributed by atoms with Crippen molar-refractivity contribution in [2.75, 3.05) is 19.7 Å². The summed E-state index contributed by atoms with van der Waals surface area (Å²) < 4.78 is 40.9. The van der Waals surface area contributed by atoms with E-state index < -0.39 is 36.5 Å². The minimum atomic E-state index is -4.36. The Hall–Kier alpha value is -2.98. The van der Waals surface area contributed by atoms with Gasteiger partial charge in [-0.15, -0.1) is 0 Å². The highest BCUT2D eigenvalue weighted by atomic mass is 19.4. The molecule has 1 fully saturated rings. The predicted octanol–water partition coefficient (Wildman–Crippen LogP) is 2.55. The zero-order valence-electron chi connectivity index (χ0n) is 19.4. The third kappa shape index (κ3) is 5.18. The van der Waals surface area contributed by atoms with E-state index in [0.717, 1.165) is 5.56 Å². The number of nitrogens with zero attached hydrogens (tertiary/aromatic N) is 3. The summed E-state index contributed by atoms with van der Waals surface area (Å²) in [6.45, 7) is 1.59. The van der Waals surface area contributed by atoms with Crippen molar-refractivity contribution in [3.8, 4) is 0 Å². The molecule has 0 radical (unpaired) electrons. The highest BCUT2D eigenvalue weighted by Crippen LogP contribution is 2.48. The van der Waals surface area contributed by atoms with Crippen molar-refractivity contribution in [2.24, 2.45) is 11.8 Å². The minimum absolute atomic E-state index is 0.125. The molecule has 0 aliphatic carbocycles. The summed E-state index contributed by atoms with van der Waals surface area (Å²) in [5.74, 6) is -1.71. The molecule has 0 unspecified atom stereocenters. The van der Waals surface area contributed by atoms with E-state index in [1.54, 1.807) is 53.1 Å². The van der Waals surface area contributed by atoms with Crippen LogP contribution in [0.25, 0.3) is 6.08 Å². The smallest absolute Gasteiger partial charge is 0.390 e. The number of fused-ring (bicyclic) bond motifs is 4. The molecule has 2 N–H and O–H groups in total. The Morgan fingerprint density at radius 2 is 2.00 bits per heavy atom. The van der Waals surface area contributed by atoms with Gasteiger partial charge in [0.15, 0.2) is 0 Å². The van der Waals surface area contributed by atoms with Gasteiger partial charge >= 0.3 is 6.18 Å². The molecule has 2 aromatic heterocycles. The lowest BCUT2D eigenvalue weighted by atomic mass is 9.86. The van der Waals surface area contributed by atoms with Crippen molar-refractivity contribution in [1.29, 1.82) is 0 Å². The molecule has 2 aromatic rings. The fourth-order valence-electron chi connectivity index (χ4n) is 5.41. The van der Waals surface area contributed by atoms with Crippen LogP contribution < -0.4 is 10.9 Å². The Morgan fingerprint density at radius 1 is 1.26 bits per heavy atom. The van der Waals surface area contributed by atoms with Gasteiger partial charge in [0.1, 0.15) is 0 Å². The fourth-order valence-corrected chi connectivity index (χ4v) is 5.41. The number of aromatic nitrogens is 2. The van der Waals surface area contributed by atoms with Crippen molar-refractivity contribution in [1.82, 2.24) is 19.8 Å². The summed E-state index contributed by atoms with van der Waals surface area (Å²) in [6, 6.07) is 5.75. The Morgan fingerprint density at radius 3 is 2.66 bits per heavy atom. The largest absolute Gasteiger partial charge is 0.396 e. The van der Waals surface area contributed by atoms with Gasteiger partial charge in [-0.2, -0.15) is 13.2 Å². The summed E-state index contributed by atoms with van der Waals surface area (Å²) in [6.07, 6.45) is 1.92. The first-order chi connectivity index (χ1) is 16.7. The number of aliphatic hydroxyl groups is 1. The molecule has 4 heterocycles. The fraction of sp³-hybridized carbons (Fsp3) is 0.480. The first-order valence-electron chi connectivity index (χ1n) is 11.7. The van der Waals surface area contributed by atoms with Crippen LogP contribution in [-0.4, -0.2) is 57.4 Å². The number of amides is 1. The highest BCUT2D eigenvalue weighted by molar-refractivity contribution is 5.80. The predicted molar refractivity (Wildman–Crippen MR) is 124 cm³/mol. The average molecular weight is 491 g/mol. The second-order valence-corrected chi connectivity index (χ2v) is 9.01. The van der Waals surface area contributed by atoms with Gasteiger partial charge in [0.25, 0.3) is 5.56 Å². The topological polar surface area (TPSA) is 87.5 Å². The average Bonchev–Trinajstić information content (AvgIpc) is 3.05. The number of carbonyl (C=O) groups is 1. The summed E-state index contributed by atoms with van der Waals surface area (Å²) in [7, 11) is 0. The van der Waals surface area contributed by atoms with E-state index in [1.807, 2.05) is 12.1 Å². The molecule has 0 saturated carbocycles. The van der Waals surface area contributed by atoms with E-state index in [-0.39, 0.29) is 31.2 Å². The molecule has 2 aliphatic heterocycles. The normalized spacial score (nSPS) is 24.0. The molecule has 35 heavy (non-hydrogen) atoms. The second kappa shape index (κ2) is 10.3. The van der Waals surface area contributed by atoms with Gasteiger partial charge < -0.3 is 15.0 Å². The van der Waals surface area contributed by atoms with Crippen molar-refractivity contribution in [3.63, 3.8) is 0 Å². The van der Waals surface area contributed by atoms with Crippen LogP contribution in [0.2, 0.25) is 0 Å². The molecule has 0 aromatic carbocycles. The van der Waals surface area contributed by atoms with Crippen molar-refractivity contribution in [2.45, 2.75) is 44.6 Å². The molecule has 188 valence electrons. The maximum absolute atomic E-state index is 13.4. The number of alkyl halides is 3. The van der Waals surface area contributed by atoms with Crippen LogP contribution in [0.4, 0.5) is 13.2 Å². The van der Waals surface area contributed by atoms with Crippen LogP contribution >= 0.6 is 0 Å². The van der Waals surface area contributed by atoms with Gasteiger partial charge in [-0.3, -0.25) is 19.5 Å². The SMILES string of the molecule is C/C=C/c1ccc2n(c1=O)C[C@@H]1[C@@H](CO)[C@H](C(=O)NCCc3ccncc3)[C@H]2N1CCC(F)(F)F. The van der Waals surface area contributed by atoms with Gasteiger partial charge in [0.2, 0.25) is 5.91 Å². The Bertz CT molecular complexity index is 1130. The standard InChI is InChI=1S/C25H29F3N4O3/c1-2-3-17-4-5-19-22-21(23(34)30-12-8-16-6-10-29-11-7-16)18(15-33)20(14-32(19)24(17)35)31(22)13-9-25(26,27)28/h2-7,10-11,18,20-22,33H,8-9,12-15H2,1H3,(H,30,34)/b3-2+/t18-,20-,21+,22+/m1/s1. The third-order valence-corrected chi connectivity index (χ3v) is 6.96. The number of rotatable bonds is 8. The van der Waals surface area contributed by atoms with Crippen molar-refractivity contribution < 1.29 is 23.1 Å². The molecule has 10 heteroatoms.